The molecule has 0 N–H and O–H groups in total. The molecule has 149 valence electrons. The molecule has 0 unspecified atom stereocenters. The molecule has 0 fully saturated rings. The standard InChI is InChI=1S/C25H43O/c1-2-3-4-5-6-7-8-9-10-11-12-13-14-15-16-17-21-24-26-25-22-19-18-20-23-25/h19-20,22-23H,2-17,21,24H2,1H3. The summed E-state index contributed by atoms with van der Waals surface area (Å²) in [7, 11) is 0. The highest BCUT2D eigenvalue weighted by atomic mass is 16.5. The largest absolute Gasteiger partial charge is 0.494 e. The fraction of sp³-hybridized carbons (Fsp3) is 0.760. The Morgan fingerprint density at radius 1 is 0.577 bits per heavy atom. The molecule has 0 atom stereocenters. The van der Waals surface area contributed by atoms with Crippen LogP contribution in [-0.2, 0) is 0 Å². The van der Waals surface area contributed by atoms with Crippen molar-refractivity contribution < 1.29 is 4.74 Å². The Morgan fingerprint density at radius 2 is 0.962 bits per heavy atom. The van der Waals surface area contributed by atoms with Crippen LogP contribution in [0.2, 0.25) is 0 Å². The van der Waals surface area contributed by atoms with Crippen molar-refractivity contribution in [3.8, 4) is 5.75 Å². The first-order valence-corrected chi connectivity index (χ1v) is 11.5. The molecule has 1 aromatic carbocycles. The number of hydrogen-bond acceptors (Lipinski definition) is 1. The lowest BCUT2D eigenvalue weighted by molar-refractivity contribution is 0.304. The van der Waals surface area contributed by atoms with E-state index in [9.17, 15) is 0 Å². The maximum atomic E-state index is 5.71. The highest BCUT2D eigenvalue weighted by Crippen LogP contribution is 2.14. The minimum Gasteiger partial charge on any atom is -0.494 e. The fourth-order valence-electron chi connectivity index (χ4n) is 3.48. The van der Waals surface area contributed by atoms with Crippen molar-refractivity contribution in [2.24, 2.45) is 0 Å². The summed E-state index contributed by atoms with van der Waals surface area (Å²) in [6.07, 6.45) is 24.1. The Labute approximate surface area is 163 Å². The molecular weight excluding hydrogens is 316 g/mol. The monoisotopic (exact) mass is 359 g/mol. The summed E-state index contributed by atoms with van der Waals surface area (Å²) >= 11 is 0. The van der Waals surface area contributed by atoms with E-state index >= 15 is 0 Å². The third-order valence-electron chi connectivity index (χ3n) is 5.20. The van der Waals surface area contributed by atoms with Crippen LogP contribution in [0.25, 0.3) is 0 Å². The summed E-state index contributed by atoms with van der Waals surface area (Å²) in [6, 6.07) is 10.8. The van der Waals surface area contributed by atoms with Crippen molar-refractivity contribution in [3.63, 3.8) is 0 Å². The summed E-state index contributed by atoms with van der Waals surface area (Å²) < 4.78 is 5.71. The van der Waals surface area contributed by atoms with E-state index in [1.807, 2.05) is 24.3 Å². The molecule has 0 saturated heterocycles. The van der Waals surface area contributed by atoms with Crippen LogP contribution in [0.4, 0.5) is 0 Å². The number of rotatable bonds is 19. The summed E-state index contributed by atoms with van der Waals surface area (Å²) in [5.41, 5.74) is 0. The zero-order chi connectivity index (χ0) is 18.5. The van der Waals surface area contributed by atoms with Gasteiger partial charge in [0, 0.05) is 0 Å². The quantitative estimate of drug-likeness (QED) is 0.225. The highest BCUT2D eigenvalue weighted by Gasteiger charge is 1.95. The van der Waals surface area contributed by atoms with Crippen LogP contribution >= 0.6 is 0 Å². The van der Waals surface area contributed by atoms with Gasteiger partial charge in [0.1, 0.15) is 5.75 Å². The first-order valence-electron chi connectivity index (χ1n) is 11.5. The van der Waals surface area contributed by atoms with E-state index in [4.69, 9.17) is 4.74 Å². The van der Waals surface area contributed by atoms with Crippen molar-refractivity contribution in [1.82, 2.24) is 0 Å². The maximum absolute atomic E-state index is 5.71. The smallest absolute Gasteiger partial charge is 0.119 e. The van der Waals surface area contributed by atoms with Crippen LogP contribution in [0.15, 0.2) is 24.3 Å². The second kappa shape index (κ2) is 18.8. The molecular formula is C25H43O. The van der Waals surface area contributed by atoms with Gasteiger partial charge in [-0.05, 0) is 24.6 Å². The lowest BCUT2D eigenvalue weighted by Gasteiger charge is -2.06. The summed E-state index contributed by atoms with van der Waals surface area (Å²) in [6.45, 7) is 3.14. The minimum atomic E-state index is 0.850. The Balaban J connectivity index is 1.68. The van der Waals surface area contributed by atoms with Crippen molar-refractivity contribution in [1.29, 1.82) is 0 Å². The Morgan fingerprint density at radius 3 is 1.38 bits per heavy atom. The third-order valence-corrected chi connectivity index (χ3v) is 5.20. The molecule has 0 amide bonds. The molecule has 1 nitrogen and oxygen atoms in total. The zero-order valence-corrected chi connectivity index (χ0v) is 17.4. The number of ether oxygens (including phenoxy) is 1. The van der Waals surface area contributed by atoms with Crippen LogP contribution in [-0.4, -0.2) is 6.61 Å². The van der Waals surface area contributed by atoms with Gasteiger partial charge in [-0.3, -0.25) is 0 Å². The van der Waals surface area contributed by atoms with Crippen LogP contribution in [0.1, 0.15) is 116 Å². The van der Waals surface area contributed by atoms with Gasteiger partial charge in [0.15, 0.2) is 0 Å². The minimum absolute atomic E-state index is 0.850. The molecule has 1 rings (SSSR count). The molecule has 26 heavy (non-hydrogen) atoms. The van der Waals surface area contributed by atoms with Crippen LogP contribution in [0.3, 0.4) is 0 Å². The molecule has 0 aliphatic heterocycles. The van der Waals surface area contributed by atoms with Gasteiger partial charge >= 0.3 is 0 Å². The van der Waals surface area contributed by atoms with Gasteiger partial charge < -0.3 is 4.74 Å². The molecule has 0 aromatic heterocycles. The maximum Gasteiger partial charge on any atom is 0.119 e. The van der Waals surface area contributed by atoms with E-state index in [2.05, 4.69) is 13.0 Å². The molecule has 1 heteroatoms. The molecule has 0 bridgehead atoms. The Bertz CT molecular complexity index is 373. The first-order chi connectivity index (χ1) is 12.9. The third kappa shape index (κ3) is 15.3. The molecule has 0 aliphatic rings. The van der Waals surface area contributed by atoms with Crippen molar-refractivity contribution in [2.75, 3.05) is 6.61 Å². The van der Waals surface area contributed by atoms with E-state index in [0.29, 0.717) is 0 Å². The van der Waals surface area contributed by atoms with Crippen LogP contribution in [0.5, 0.6) is 5.75 Å². The summed E-state index contributed by atoms with van der Waals surface area (Å²) in [5, 5.41) is 0. The molecule has 0 aliphatic carbocycles. The van der Waals surface area contributed by atoms with E-state index in [-0.39, 0.29) is 0 Å². The van der Waals surface area contributed by atoms with E-state index < -0.39 is 0 Å². The number of hydrogen-bond donors (Lipinski definition) is 0. The second-order valence-electron chi connectivity index (χ2n) is 7.74. The van der Waals surface area contributed by atoms with Crippen LogP contribution < -0.4 is 4.74 Å². The fourth-order valence-corrected chi connectivity index (χ4v) is 3.48. The van der Waals surface area contributed by atoms with Crippen molar-refractivity contribution in [2.45, 2.75) is 116 Å². The zero-order valence-electron chi connectivity index (χ0n) is 17.4. The topological polar surface area (TPSA) is 9.23 Å². The Hall–Kier alpha value is -0.980. The predicted octanol–water partition coefficient (Wildman–Crippen LogP) is 8.52. The predicted molar refractivity (Wildman–Crippen MR) is 115 cm³/mol. The summed E-state index contributed by atoms with van der Waals surface area (Å²) in [4.78, 5) is 0. The van der Waals surface area contributed by atoms with Gasteiger partial charge in [-0.2, -0.15) is 0 Å². The van der Waals surface area contributed by atoms with Gasteiger partial charge in [0.25, 0.3) is 0 Å². The lowest BCUT2D eigenvalue weighted by atomic mass is 10.0. The number of benzene rings is 1. The Kier molecular flexibility index (Phi) is 16.7. The van der Waals surface area contributed by atoms with Crippen molar-refractivity contribution >= 4 is 0 Å². The second-order valence-corrected chi connectivity index (χ2v) is 7.74. The average molecular weight is 360 g/mol. The van der Waals surface area contributed by atoms with Crippen molar-refractivity contribution in [3.05, 3.63) is 30.3 Å². The summed E-state index contributed by atoms with van der Waals surface area (Å²) in [5.74, 6) is 0.972. The van der Waals surface area contributed by atoms with Gasteiger partial charge in [-0.15, -0.1) is 0 Å². The van der Waals surface area contributed by atoms with E-state index in [1.54, 1.807) is 0 Å². The highest BCUT2D eigenvalue weighted by molar-refractivity contribution is 5.20. The van der Waals surface area contributed by atoms with Gasteiger partial charge in [-0.1, -0.05) is 122 Å². The average Bonchev–Trinajstić information content (AvgIpc) is 2.68. The number of unbranched alkanes of at least 4 members (excludes halogenated alkanes) is 16. The van der Waals surface area contributed by atoms with Gasteiger partial charge in [0.2, 0.25) is 0 Å². The molecule has 0 heterocycles. The first kappa shape index (κ1) is 23.1. The van der Waals surface area contributed by atoms with E-state index in [0.717, 1.165) is 12.4 Å². The molecule has 1 aromatic rings. The van der Waals surface area contributed by atoms with E-state index in [1.165, 1.54) is 109 Å². The van der Waals surface area contributed by atoms with Crippen LogP contribution in [0, 0.1) is 6.07 Å². The normalized spacial score (nSPS) is 11.0. The SMILES string of the molecule is CCCCCCCCCCCCCCCCCCCOc1cc[c]cc1. The molecule has 1 radical (unpaired) electrons. The van der Waals surface area contributed by atoms with Gasteiger partial charge in [0.05, 0.1) is 6.61 Å². The van der Waals surface area contributed by atoms with Gasteiger partial charge in [-0.25, -0.2) is 0 Å². The molecule has 0 saturated carbocycles. The molecule has 0 spiro atoms. The lowest BCUT2D eigenvalue weighted by Crippen LogP contribution is -1.96.